The number of hydrogen-bond donors (Lipinski definition) is 2. The number of hydrogen-bond acceptors (Lipinski definition) is 3. The van der Waals surface area contributed by atoms with Gasteiger partial charge in [0.25, 0.3) is 0 Å². The molecule has 0 aromatic heterocycles. The van der Waals surface area contributed by atoms with Crippen molar-refractivity contribution < 1.29 is 5.11 Å². The second-order valence-corrected chi connectivity index (χ2v) is 5.92. The van der Waals surface area contributed by atoms with Gasteiger partial charge in [-0.05, 0) is 36.8 Å². The van der Waals surface area contributed by atoms with E-state index < -0.39 is 0 Å². The minimum atomic E-state index is 0.236. The summed E-state index contributed by atoms with van der Waals surface area (Å²) in [6, 6.07) is 8.22. The molecule has 0 bridgehead atoms. The lowest BCUT2D eigenvalue weighted by Gasteiger charge is -2.36. The Kier molecular flexibility index (Phi) is 5.64. The normalized spacial score (nSPS) is 24.6. The number of benzene rings is 1. The SMILES string of the molecule is NC1CC(CCCO)CN(Cc2ccccc2Cl)C1. The van der Waals surface area contributed by atoms with Crippen LogP contribution in [0.15, 0.2) is 24.3 Å². The van der Waals surface area contributed by atoms with Crippen LogP contribution in [0.4, 0.5) is 0 Å². The molecule has 1 heterocycles. The van der Waals surface area contributed by atoms with Crippen molar-refractivity contribution in [2.24, 2.45) is 11.7 Å². The number of nitrogens with zero attached hydrogens (tertiary/aromatic N) is 1. The summed E-state index contributed by atoms with van der Waals surface area (Å²) in [7, 11) is 0. The molecule has 1 fully saturated rings. The Morgan fingerprint density at radius 1 is 1.32 bits per heavy atom. The van der Waals surface area contributed by atoms with Gasteiger partial charge in [0, 0.05) is 37.3 Å². The molecule has 3 N–H and O–H groups in total. The van der Waals surface area contributed by atoms with Gasteiger partial charge in [-0.25, -0.2) is 0 Å². The number of piperidine rings is 1. The number of rotatable bonds is 5. The van der Waals surface area contributed by atoms with E-state index in [0.717, 1.165) is 43.9 Å². The van der Waals surface area contributed by atoms with Crippen LogP contribution in [0.1, 0.15) is 24.8 Å². The van der Waals surface area contributed by atoms with Gasteiger partial charge >= 0.3 is 0 Å². The largest absolute Gasteiger partial charge is 0.396 e. The summed E-state index contributed by atoms with van der Waals surface area (Å²) in [4.78, 5) is 2.39. The highest BCUT2D eigenvalue weighted by Gasteiger charge is 2.24. The monoisotopic (exact) mass is 282 g/mol. The number of aliphatic hydroxyl groups excluding tert-OH is 1. The molecule has 1 aliphatic rings. The van der Waals surface area contributed by atoms with Crippen molar-refractivity contribution in [2.45, 2.75) is 31.8 Å². The lowest BCUT2D eigenvalue weighted by atomic mass is 9.90. The summed E-state index contributed by atoms with van der Waals surface area (Å²) in [5, 5.41) is 9.77. The molecule has 2 rings (SSSR count). The molecule has 2 unspecified atom stereocenters. The van der Waals surface area contributed by atoms with Crippen molar-refractivity contribution in [3.05, 3.63) is 34.9 Å². The van der Waals surface area contributed by atoms with E-state index in [1.807, 2.05) is 18.2 Å². The van der Waals surface area contributed by atoms with Crippen molar-refractivity contribution in [1.29, 1.82) is 0 Å². The minimum Gasteiger partial charge on any atom is -0.396 e. The summed E-state index contributed by atoms with van der Waals surface area (Å²) in [5.74, 6) is 0.596. The maximum Gasteiger partial charge on any atom is 0.0451 e. The standard InChI is InChI=1S/C15H23ClN2O/c16-15-6-2-1-5-13(15)10-18-9-12(4-3-7-19)8-14(17)11-18/h1-2,5-6,12,14,19H,3-4,7-11,17H2. The summed E-state index contributed by atoms with van der Waals surface area (Å²) < 4.78 is 0. The second-order valence-electron chi connectivity index (χ2n) is 5.51. The molecular formula is C15H23ClN2O. The van der Waals surface area contributed by atoms with Crippen LogP contribution in [0, 0.1) is 5.92 Å². The predicted octanol–water partition coefficient (Wildman–Crippen LogP) is 2.26. The van der Waals surface area contributed by atoms with E-state index >= 15 is 0 Å². The van der Waals surface area contributed by atoms with Crippen LogP contribution in [0.5, 0.6) is 0 Å². The first-order valence-electron chi connectivity index (χ1n) is 7.01. The van der Waals surface area contributed by atoms with Crippen LogP contribution in [0.2, 0.25) is 5.02 Å². The zero-order valence-corrected chi connectivity index (χ0v) is 12.0. The van der Waals surface area contributed by atoms with Crippen LogP contribution < -0.4 is 5.73 Å². The quantitative estimate of drug-likeness (QED) is 0.871. The molecule has 106 valence electrons. The molecule has 0 saturated carbocycles. The van der Waals surface area contributed by atoms with Crippen molar-refractivity contribution in [3.8, 4) is 0 Å². The summed E-state index contributed by atoms with van der Waals surface area (Å²) >= 11 is 6.21. The molecule has 1 saturated heterocycles. The zero-order chi connectivity index (χ0) is 13.7. The van der Waals surface area contributed by atoms with Crippen molar-refractivity contribution in [2.75, 3.05) is 19.7 Å². The summed E-state index contributed by atoms with van der Waals surface area (Å²) in [6.07, 6.45) is 3.00. The Morgan fingerprint density at radius 3 is 2.84 bits per heavy atom. The smallest absolute Gasteiger partial charge is 0.0451 e. The highest BCUT2D eigenvalue weighted by atomic mass is 35.5. The molecule has 0 radical (unpaired) electrons. The van der Waals surface area contributed by atoms with E-state index in [4.69, 9.17) is 22.4 Å². The first-order valence-corrected chi connectivity index (χ1v) is 7.39. The fourth-order valence-corrected chi connectivity index (χ4v) is 3.13. The molecule has 19 heavy (non-hydrogen) atoms. The van der Waals surface area contributed by atoms with E-state index in [1.165, 1.54) is 5.56 Å². The molecule has 3 nitrogen and oxygen atoms in total. The van der Waals surface area contributed by atoms with E-state index in [9.17, 15) is 0 Å². The van der Waals surface area contributed by atoms with Gasteiger partial charge < -0.3 is 10.8 Å². The van der Waals surface area contributed by atoms with Gasteiger partial charge in [0.15, 0.2) is 0 Å². The van der Waals surface area contributed by atoms with E-state index in [1.54, 1.807) is 0 Å². The molecule has 1 aliphatic heterocycles. The third kappa shape index (κ3) is 4.46. The molecule has 0 aliphatic carbocycles. The molecule has 1 aromatic rings. The van der Waals surface area contributed by atoms with Gasteiger partial charge in [-0.15, -0.1) is 0 Å². The number of nitrogens with two attached hydrogens (primary N) is 1. The highest BCUT2D eigenvalue weighted by Crippen LogP contribution is 2.24. The fraction of sp³-hybridized carbons (Fsp3) is 0.600. The third-order valence-electron chi connectivity index (χ3n) is 3.77. The Labute approximate surface area is 120 Å². The highest BCUT2D eigenvalue weighted by molar-refractivity contribution is 6.31. The first-order chi connectivity index (χ1) is 9.19. The van der Waals surface area contributed by atoms with Crippen LogP contribution in [0.25, 0.3) is 0 Å². The van der Waals surface area contributed by atoms with Crippen molar-refractivity contribution in [1.82, 2.24) is 4.90 Å². The minimum absolute atomic E-state index is 0.236. The van der Waals surface area contributed by atoms with Gasteiger partial charge in [-0.1, -0.05) is 29.8 Å². The average Bonchev–Trinajstić information content (AvgIpc) is 2.38. The number of aliphatic hydroxyl groups is 1. The Morgan fingerprint density at radius 2 is 2.11 bits per heavy atom. The zero-order valence-electron chi connectivity index (χ0n) is 11.3. The van der Waals surface area contributed by atoms with Crippen molar-refractivity contribution in [3.63, 3.8) is 0 Å². The van der Waals surface area contributed by atoms with E-state index in [2.05, 4.69) is 11.0 Å². The third-order valence-corrected chi connectivity index (χ3v) is 4.14. The lowest BCUT2D eigenvalue weighted by Crippen LogP contribution is -2.46. The lowest BCUT2D eigenvalue weighted by molar-refractivity contribution is 0.137. The Balaban J connectivity index is 1.94. The maximum atomic E-state index is 8.94. The topological polar surface area (TPSA) is 49.5 Å². The summed E-state index contributed by atoms with van der Waals surface area (Å²) in [5.41, 5.74) is 7.31. The van der Waals surface area contributed by atoms with Crippen LogP contribution in [-0.2, 0) is 6.54 Å². The van der Waals surface area contributed by atoms with Crippen LogP contribution >= 0.6 is 11.6 Å². The summed E-state index contributed by atoms with van der Waals surface area (Å²) in [6.45, 7) is 3.12. The van der Waals surface area contributed by atoms with Gasteiger partial charge in [0.05, 0.1) is 0 Å². The molecule has 0 amide bonds. The van der Waals surface area contributed by atoms with Gasteiger partial charge in [0.1, 0.15) is 0 Å². The number of halogens is 1. The molecule has 1 aromatic carbocycles. The average molecular weight is 283 g/mol. The Hall–Kier alpha value is -0.610. The number of likely N-dealkylation sites (tertiary alicyclic amines) is 1. The maximum absolute atomic E-state index is 8.94. The van der Waals surface area contributed by atoms with Crippen molar-refractivity contribution >= 4 is 11.6 Å². The fourth-order valence-electron chi connectivity index (χ4n) is 2.93. The first kappa shape index (κ1) is 14.8. The van der Waals surface area contributed by atoms with Gasteiger partial charge in [-0.2, -0.15) is 0 Å². The molecular weight excluding hydrogens is 260 g/mol. The van der Waals surface area contributed by atoms with Gasteiger partial charge in [-0.3, -0.25) is 4.90 Å². The van der Waals surface area contributed by atoms with E-state index in [-0.39, 0.29) is 12.6 Å². The molecule has 2 atom stereocenters. The van der Waals surface area contributed by atoms with Crippen LogP contribution in [0.3, 0.4) is 0 Å². The second kappa shape index (κ2) is 7.25. The van der Waals surface area contributed by atoms with Gasteiger partial charge in [0.2, 0.25) is 0 Å². The molecule has 0 spiro atoms. The van der Waals surface area contributed by atoms with E-state index in [0.29, 0.717) is 5.92 Å². The Bertz CT molecular complexity index is 399. The van der Waals surface area contributed by atoms with Crippen LogP contribution in [-0.4, -0.2) is 35.7 Å². The molecule has 4 heteroatoms. The predicted molar refractivity (Wildman–Crippen MR) is 79.1 cm³/mol.